The number of amides is 3. The Morgan fingerprint density at radius 2 is 1.53 bits per heavy atom. The molecule has 0 aliphatic heterocycles. The Morgan fingerprint density at radius 1 is 0.833 bits per heavy atom. The van der Waals surface area contributed by atoms with Crippen LogP contribution in [0.25, 0.3) is 0 Å². The Labute approximate surface area is 174 Å². The molecule has 0 spiro atoms. The van der Waals surface area contributed by atoms with Gasteiger partial charge in [-0.2, -0.15) is 0 Å². The van der Waals surface area contributed by atoms with E-state index in [9.17, 15) is 23.2 Å². The molecule has 0 bridgehead atoms. The van der Waals surface area contributed by atoms with Crippen LogP contribution in [0.5, 0.6) is 0 Å². The van der Waals surface area contributed by atoms with E-state index in [2.05, 4.69) is 16.0 Å². The number of hydrogen-bond acceptors (Lipinski definition) is 4. The average molecular weight is 429 g/mol. The van der Waals surface area contributed by atoms with Gasteiger partial charge >= 0.3 is 0 Å². The molecule has 3 amide bonds. The lowest BCUT2D eigenvalue weighted by atomic mass is 10.1. The third-order valence-corrected chi connectivity index (χ3v) is 4.89. The van der Waals surface area contributed by atoms with Crippen LogP contribution in [0.3, 0.4) is 0 Å². The fourth-order valence-electron chi connectivity index (χ4n) is 2.53. The van der Waals surface area contributed by atoms with Crippen molar-refractivity contribution in [1.82, 2.24) is 10.6 Å². The fraction of sp³-hybridized carbons (Fsp3) is 0.0952. The minimum absolute atomic E-state index is 0.197. The van der Waals surface area contributed by atoms with E-state index in [4.69, 9.17) is 0 Å². The van der Waals surface area contributed by atoms with E-state index in [1.807, 2.05) is 0 Å². The molecule has 9 heteroatoms. The standard InChI is InChI=1S/C21H17F2N3O3S/c22-14-5-8-16(17(23)12-14)20(28)26-15-6-3-13(4-7-15)19(27)24-9-10-25-21(29)18-2-1-11-30-18/h1-8,11-12H,9-10H2,(H,24,27)(H,25,29)(H,26,28). The molecule has 0 atom stereocenters. The van der Waals surface area contributed by atoms with Gasteiger partial charge in [0.25, 0.3) is 17.7 Å². The van der Waals surface area contributed by atoms with E-state index in [1.54, 1.807) is 17.5 Å². The summed E-state index contributed by atoms with van der Waals surface area (Å²) in [6.07, 6.45) is 0. The zero-order valence-corrected chi connectivity index (χ0v) is 16.4. The number of benzene rings is 2. The highest BCUT2D eigenvalue weighted by Gasteiger charge is 2.13. The van der Waals surface area contributed by atoms with Gasteiger partial charge in [-0.05, 0) is 47.8 Å². The minimum Gasteiger partial charge on any atom is -0.350 e. The van der Waals surface area contributed by atoms with Crippen LogP contribution < -0.4 is 16.0 Å². The van der Waals surface area contributed by atoms with Crippen LogP contribution in [0, 0.1) is 11.6 Å². The monoisotopic (exact) mass is 429 g/mol. The van der Waals surface area contributed by atoms with Gasteiger partial charge in [0.1, 0.15) is 11.6 Å². The number of rotatable bonds is 7. The summed E-state index contributed by atoms with van der Waals surface area (Å²) in [6, 6.07) is 12.2. The third-order valence-electron chi connectivity index (χ3n) is 4.02. The van der Waals surface area contributed by atoms with Gasteiger partial charge in [0.15, 0.2) is 0 Å². The third kappa shape index (κ3) is 5.48. The van der Waals surface area contributed by atoms with E-state index in [1.165, 1.54) is 35.6 Å². The molecule has 0 unspecified atom stereocenters. The molecular weight excluding hydrogens is 412 g/mol. The van der Waals surface area contributed by atoms with Crippen LogP contribution in [-0.2, 0) is 0 Å². The Bertz CT molecular complexity index is 1050. The van der Waals surface area contributed by atoms with Crippen molar-refractivity contribution in [1.29, 1.82) is 0 Å². The van der Waals surface area contributed by atoms with Crippen molar-refractivity contribution in [2.75, 3.05) is 18.4 Å². The van der Waals surface area contributed by atoms with Crippen molar-refractivity contribution >= 4 is 34.7 Å². The number of carbonyl (C=O) groups is 3. The van der Waals surface area contributed by atoms with Crippen molar-refractivity contribution in [3.8, 4) is 0 Å². The van der Waals surface area contributed by atoms with Crippen LogP contribution in [-0.4, -0.2) is 30.8 Å². The number of carbonyl (C=O) groups excluding carboxylic acids is 3. The van der Waals surface area contributed by atoms with Crippen LogP contribution >= 0.6 is 11.3 Å². The van der Waals surface area contributed by atoms with Crippen molar-refractivity contribution in [2.24, 2.45) is 0 Å². The van der Waals surface area contributed by atoms with E-state index >= 15 is 0 Å². The number of nitrogens with one attached hydrogen (secondary N) is 3. The van der Waals surface area contributed by atoms with Crippen LogP contribution in [0.4, 0.5) is 14.5 Å². The maximum atomic E-state index is 13.7. The molecule has 2 aromatic carbocycles. The first-order chi connectivity index (χ1) is 14.4. The van der Waals surface area contributed by atoms with Gasteiger partial charge in [0, 0.05) is 30.4 Å². The first kappa shape index (κ1) is 21.1. The highest BCUT2D eigenvalue weighted by molar-refractivity contribution is 7.12. The summed E-state index contributed by atoms with van der Waals surface area (Å²) in [5.74, 6) is -3.01. The van der Waals surface area contributed by atoms with Gasteiger partial charge in [-0.25, -0.2) is 8.78 Å². The Hall–Kier alpha value is -3.59. The first-order valence-electron chi connectivity index (χ1n) is 8.90. The molecule has 3 rings (SSSR count). The van der Waals surface area contributed by atoms with Gasteiger partial charge < -0.3 is 16.0 Å². The lowest BCUT2D eigenvalue weighted by Gasteiger charge is -2.09. The van der Waals surface area contributed by atoms with Crippen molar-refractivity contribution in [3.63, 3.8) is 0 Å². The predicted molar refractivity (Wildman–Crippen MR) is 110 cm³/mol. The lowest BCUT2D eigenvalue weighted by molar-refractivity contribution is 0.0929. The lowest BCUT2D eigenvalue weighted by Crippen LogP contribution is -2.34. The molecule has 3 aromatic rings. The first-order valence-corrected chi connectivity index (χ1v) is 9.78. The van der Waals surface area contributed by atoms with Gasteiger partial charge in [0.2, 0.25) is 0 Å². The molecule has 154 valence electrons. The molecule has 30 heavy (non-hydrogen) atoms. The molecule has 0 saturated heterocycles. The predicted octanol–water partition coefficient (Wildman–Crippen LogP) is 3.44. The number of hydrogen-bond donors (Lipinski definition) is 3. The molecule has 3 N–H and O–H groups in total. The Balaban J connectivity index is 1.48. The highest BCUT2D eigenvalue weighted by Crippen LogP contribution is 2.14. The van der Waals surface area contributed by atoms with Crippen molar-refractivity contribution in [3.05, 3.63) is 87.6 Å². The molecule has 0 radical (unpaired) electrons. The maximum absolute atomic E-state index is 13.7. The number of halogens is 2. The molecule has 0 fully saturated rings. The summed E-state index contributed by atoms with van der Waals surface area (Å²) in [5.41, 5.74) is 0.414. The largest absolute Gasteiger partial charge is 0.350 e. The fourth-order valence-corrected chi connectivity index (χ4v) is 3.17. The SMILES string of the molecule is O=C(NCCNC(=O)c1cccs1)c1ccc(NC(=O)c2ccc(F)cc2F)cc1. The summed E-state index contributed by atoms with van der Waals surface area (Å²) in [5, 5.41) is 9.66. The van der Waals surface area contributed by atoms with Crippen LogP contribution in [0.15, 0.2) is 60.0 Å². The minimum atomic E-state index is -0.963. The van der Waals surface area contributed by atoms with E-state index in [0.717, 1.165) is 12.1 Å². The number of anilines is 1. The maximum Gasteiger partial charge on any atom is 0.261 e. The summed E-state index contributed by atoms with van der Waals surface area (Å²) in [6.45, 7) is 0.526. The molecule has 1 aromatic heterocycles. The number of thiophene rings is 1. The molecule has 1 heterocycles. The molecule has 0 aliphatic rings. The van der Waals surface area contributed by atoms with Gasteiger partial charge in [-0.15, -0.1) is 11.3 Å². The molecule has 6 nitrogen and oxygen atoms in total. The van der Waals surface area contributed by atoms with Crippen molar-refractivity contribution in [2.45, 2.75) is 0 Å². The van der Waals surface area contributed by atoms with Crippen molar-refractivity contribution < 1.29 is 23.2 Å². The van der Waals surface area contributed by atoms with Gasteiger partial charge in [-0.3, -0.25) is 14.4 Å². The summed E-state index contributed by atoms with van der Waals surface area (Å²) in [7, 11) is 0. The second-order valence-corrected chi connectivity index (χ2v) is 7.09. The second-order valence-electron chi connectivity index (χ2n) is 6.14. The molecular formula is C21H17F2N3O3S. The zero-order valence-electron chi connectivity index (χ0n) is 15.6. The summed E-state index contributed by atoms with van der Waals surface area (Å²) >= 11 is 1.33. The average Bonchev–Trinajstić information content (AvgIpc) is 3.26. The van der Waals surface area contributed by atoms with Gasteiger partial charge in [0.05, 0.1) is 10.4 Å². The van der Waals surface area contributed by atoms with E-state index < -0.39 is 17.5 Å². The summed E-state index contributed by atoms with van der Waals surface area (Å²) < 4.78 is 26.6. The Morgan fingerprint density at radius 3 is 2.17 bits per heavy atom. The van der Waals surface area contributed by atoms with Crippen LogP contribution in [0.1, 0.15) is 30.4 Å². The topological polar surface area (TPSA) is 87.3 Å². The Kier molecular flexibility index (Phi) is 6.87. The van der Waals surface area contributed by atoms with E-state index in [0.29, 0.717) is 22.2 Å². The molecule has 0 saturated carbocycles. The second kappa shape index (κ2) is 9.75. The van der Waals surface area contributed by atoms with Gasteiger partial charge in [-0.1, -0.05) is 6.07 Å². The zero-order chi connectivity index (χ0) is 21.5. The van der Waals surface area contributed by atoms with Crippen LogP contribution in [0.2, 0.25) is 0 Å². The summed E-state index contributed by atoms with van der Waals surface area (Å²) in [4.78, 5) is 36.6. The highest BCUT2D eigenvalue weighted by atomic mass is 32.1. The smallest absolute Gasteiger partial charge is 0.261 e. The van der Waals surface area contributed by atoms with E-state index in [-0.39, 0.29) is 30.5 Å². The quantitative estimate of drug-likeness (QED) is 0.503. The normalized spacial score (nSPS) is 10.3. The molecule has 0 aliphatic carbocycles.